The van der Waals surface area contributed by atoms with Gasteiger partial charge in [0.25, 0.3) is 0 Å². The molecule has 6 heteroatoms. The van der Waals surface area contributed by atoms with Gasteiger partial charge in [-0.25, -0.2) is 0 Å². The molecule has 0 spiro atoms. The number of para-hydroxylation sites is 1. The quantitative estimate of drug-likeness (QED) is 0.361. The lowest BCUT2D eigenvalue weighted by atomic mass is 9.73. The summed E-state index contributed by atoms with van der Waals surface area (Å²) in [6.07, 6.45) is 1.14. The third kappa shape index (κ3) is 4.36. The van der Waals surface area contributed by atoms with Crippen molar-refractivity contribution in [3.05, 3.63) is 94.1 Å². The highest BCUT2D eigenvalue weighted by Crippen LogP contribution is 2.48. The highest BCUT2D eigenvalue weighted by molar-refractivity contribution is 6.31. The summed E-state index contributed by atoms with van der Waals surface area (Å²) in [6.45, 7) is 4.61. The van der Waals surface area contributed by atoms with E-state index in [2.05, 4.69) is 24.5 Å². The highest BCUT2D eigenvalue weighted by Gasteiger charge is 2.39. The Kier molecular flexibility index (Phi) is 5.74. The standard InChI is InChI=1S/C28H27ClN2O3/c1-28(2)14-22-25(24(33)15-28)26(30-21-9-6-10-23(32)27(21)31-22)19-12-11-18(13-20(19)29)34-16-17-7-4-3-5-8-17/h3-13,26,30-32H,14-16H2,1-2H3/t26-/m0/s1. The van der Waals surface area contributed by atoms with Gasteiger partial charge < -0.3 is 20.5 Å². The number of hydrogen-bond acceptors (Lipinski definition) is 5. The third-order valence-electron chi connectivity index (χ3n) is 6.36. The summed E-state index contributed by atoms with van der Waals surface area (Å²) in [4.78, 5) is 13.4. The number of benzene rings is 3. The number of hydrogen-bond donors (Lipinski definition) is 3. The van der Waals surface area contributed by atoms with Gasteiger partial charge in [0.2, 0.25) is 0 Å². The predicted molar refractivity (Wildman–Crippen MR) is 135 cm³/mol. The molecule has 0 bridgehead atoms. The molecular formula is C28H27ClN2O3. The lowest BCUT2D eigenvalue weighted by molar-refractivity contribution is -0.118. The van der Waals surface area contributed by atoms with Crippen LogP contribution < -0.4 is 15.4 Å². The van der Waals surface area contributed by atoms with E-state index in [1.165, 1.54) is 0 Å². The van der Waals surface area contributed by atoms with E-state index in [0.717, 1.165) is 16.8 Å². The van der Waals surface area contributed by atoms with Crippen molar-refractivity contribution < 1.29 is 14.6 Å². The molecular weight excluding hydrogens is 448 g/mol. The Labute approximate surface area is 204 Å². The molecule has 3 aromatic rings. The topological polar surface area (TPSA) is 70.6 Å². The summed E-state index contributed by atoms with van der Waals surface area (Å²) in [7, 11) is 0. The van der Waals surface area contributed by atoms with Crippen LogP contribution in [0.5, 0.6) is 11.5 Å². The monoisotopic (exact) mass is 474 g/mol. The minimum absolute atomic E-state index is 0.0732. The van der Waals surface area contributed by atoms with Gasteiger partial charge in [0.05, 0.1) is 11.7 Å². The maximum Gasteiger partial charge on any atom is 0.163 e. The van der Waals surface area contributed by atoms with Crippen LogP contribution in [0.2, 0.25) is 5.02 Å². The molecule has 1 aliphatic heterocycles. The fraction of sp³-hybridized carbons (Fsp3) is 0.250. The molecule has 0 amide bonds. The van der Waals surface area contributed by atoms with Crippen LogP contribution in [0.25, 0.3) is 0 Å². The Balaban J connectivity index is 1.52. The van der Waals surface area contributed by atoms with Crippen molar-refractivity contribution in [1.29, 1.82) is 0 Å². The lowest BCUT2D eigenvalue weighted by Gasteiger charge is -2.34. The van der Waals surface area contributed by atoms with Crippen molar-refractivity contribution in [3.63, 3.8) is 0 Å². The maximum atomic E-state index is 13.4. The van der Waals surface area contributed by atoms with Crippen LogP contribution in [-0.2, 0) is 11.4 Å². The molecule has 1 aliphatic carbocycles. The van der Waals surface area contributed by atoms with Gasteiger partial charge >= 0.3 is 0 Å². The fourth-order valence-corrected chi connectivity index (χ4v) is 5.04. The molecule has 1 atom stereocenters. The van der Waals surface area contributed by atoms with E-state index in [9.17, 15) is 9.90 Å². The van der Waals surface area contributed by atoms with Gasteiger partial charge in [-0.05, 0) is 47.2 Å². The second-order valence-corrected chi connectivity index (χ2v) is 10.1. The number of carbonyl (C=O) groups excluding carboxylic acids is 1. The van der Waals surface area contributed by atoms with Gasteiger partial charge in [-0.2, -0.15) is 0 Å². The Bertz CT molecular complexity index is 1280. The minimum Gasteiger partial charge on any atom is -0.506 e. The summed E-state index contributed by atoms with van der Waals surface area (Å²) in [6, 6.07) is 20.4. The molecule has 0 radical (unpaired) electrons. The summed E-state index contributed by atoms with van der Waals surface area (Å²) >= 11 is 6.77. The molecule has 0 aromatic heterocycles. The van der Waals surface area contributed by atoms with Gasteiger partial charge in [0.1, 0.15) is 23.8 Å². The van der Waals surface area contributed by atoms with Crippen LogP contribution in [0.4, 0.5) is 11.4 Å². The zero-order chi connectivity index (χ0) is 23.9. The summed E-state index contributed by atoms with van der Waals surface area (Å²) in [5.41, 5.74) is 4.44. The number of ether oxygens (including phenoxy) is 1. The maximum absolute atomic E-state index is 13.4. The van der Waals surface area contributed by atoms with Crippen LogP contribution in [0, 0.1) is 5.41 Å². The SMILES string of the molecule is CC1(C)CC(=O)C2=C(C1)Nc1c(O)cccc1N[C@H]2c1ccc(OCc2ccccc2)cc1Cl. The average Bonchev–Trinajstić information content (AvgIpc) is 2.95. The third-order valence-corrected chi connectivity index (χ3v) is 6.69. The molecule has 0 saturated carbocycles. The first kappa shape index (κ1) is 22.4. The number of carbonyl (C=O) groups is 1. The van der Waals surface area contributed by atoms with Crippen molar-refractivity contribution in [2.24, 2.45) is 5.41 Å². The number of anilines is 2. The average molecular weight is 475 g/mol. The van der Waals surface area contributed by atoms with E-state index in [1.807, 2.05) is 48.5 Å². The lowest BCUT2D eigenvalue weighted by Crippen LogP contribution is -2.31. The van der Waals surface area contributed by atoms with Crippen LogP contribution in [0.3, 0.4) is 0 Å². The van der Waals surface area contributed by atoms with Crippen LogP contribution >= 0.6 is 11.6 Å². The van der Waals surface area contributed by atoms with E-state index in [-0.39, 0.29) is 16.9 Å². The van der Waals surface area contributed by atoms with Gasteiger partial charge in [-0.3, -0.25) is 4.79 Å². The number of fused-ring (bicyclic) bond motifs is 1. The normalized spacial score (nSPS) is 18.8. The van der Waals surface area contributed by atoms with E-state index in [1.54, 1.807) is 18.2 Å². The summed E-state index contributed by atoms with van der Waals surface area (Å²) < 4.78 is 5.94. The van der Waals surface area contributed by atoms with Gasteiger partial charge in [-0.15, -0.1) is 0 Å². The van der Waals surface area contributed by atoms with Crippen LogP contribution in [0.15, 0.2) is 78.0 Å². The Hall–Kier alpha value is -3.44. The zero-order valence-corrected chi connectivity index (χ0v) is 19.9. The Morgan fingerprint density at radius 2 is 1.85 bits per heavy atom. The molecule has 3 N–H and O–H groups in total. The Morgan fingerprint density at radius 1 is 1.06 bits per heavy atom. The molecule has 0 fully saturated rings. The van der Waals surface area contributed by atoms with E-state index in [4.69, 9.17) is 16.3 Å². The molecule has 0 unspecified atom stereocenters. The van der Waals surface area contributed by atoms with Crippen LogP contribution in [-0.4, -0.2) is 10.9 Å². The predicted octanol–water partition coefficient (Wildman–Crippen LogP) is 6.85. The van der Waals surface area contributed by atoms with E-state index >= 15 is 0 Å². The molecule has 2 aliphatic rings. The molecule has 0 saturated heterocycles. The van der Waals surface area contributed by atoms with Gasteiger partial charge in [0.15, 0.2) is 5.78 Å². The Morgan fingerprint density at radius 3 is 2.62 bits per heavy atom. The minimum atomic E-state index is -0.454. The van der Waals surface area contributed by atoms with E-state index < -0.39 is 6.04 Å². The zero-order valence-electron chi connectivity index (χ0n) is 19.2. The largest absolute Gasteiger partial charge is 0.506 e. The number of allylic oxidation sites excluding steroid dienone is 1. The number of phenols is 1. The van der Waals surface area contributed by atoms with Crippen molar-refractivity contribution in [1.82, 2.24) is 0 Å². The van der Waals surface area contributed by atoms with Crippen molar-refractivity contribution in [2.75, 3.05) is 10.6 Å². The van der Waals surface area contributed by atoms with Crippen molar-refractivity contribution in [2.45, 2.75) is 39.3 Å². The number of nitrogens with one attached hydrogen (secondary N) is 2. The van der Waals surface area contributed by atoms with Gasteiger partial charge in [-0.1, -0.05) is 67.9 Å². The first-order valence-corrected chi connectivity index (χ1v) is 11.8. The number of ketones is 1. The number of Topliss-reactive ketones (excluding diaryl/α,β-unsaturated/α-hetero) is 1. The summed E-state index contributed by atoms with van der Waals surface area (Å²) in [5.74, 6) is 0.862. The number of phenolic OH excluding ortho intramolecular Hbond substituents is 1. The molecule has 5 nitrogen and oxygen atoms in total. The first-order valence-electron chi connectivity index (χ1n) is 11.4. The van der Waals surface area contributed by atoms with Crippen molar-refractivity contribution >= 4 is 28.8 Å². The fourth-order valence-electron chi connectivity index (χ4n) is 4.76. The molecule has 34 heavy (non-hydrogen) atoms. The van der Waals surface area contributed by atoms with Crippen LogP contribution in [0.1, 0.15) is 43.9 Å². The number of aromatic hydroxyl groups is 1. The smallest absolute Gasteiger partial charge is 0.163 e. The number of halogens is 1. The second kappa shape index (κ2) is 8.73. The van der Waals surface area contributed by atoms with Gasteiger partial charge in [0, 0.05) is 22.7 Å². The summed E-state index contributed by atoms with van der Waals surface area (Å²) in [5, 5.41) is 17.9. The van der Waals surface area contributed by atoms with E-state index in [0.29, 0.717) is 47.2 Å². The number of rotatable bonds is 4. The molecule has 174 valence electrons. The highest BCUT2D eigenvalue weighted by atomic mass is 35.5. The molecule has 1 heterocycles. The molecule has 3 aromatic carbocycles. The van der Waals surface area contributed by atoms with Crippen molar-refractivity contribution in [3.8, 4) is 11.5 Å². The first-order chi connectivity index (χ1) is 16.3. The molecule has 5 rings (SSSR count). The second-order valence-electron chi connectivity index (χ2n) is 9.69.